The summed E-state index contributed by atoms with van der Waals surface area (Å²) in [7, 11) is 0. The molecule has 1 aliphatic carbocycles. The zero-order chi connectivity index (χ0) is 12.1. The van der Waals surface area contributed by atoms with E-state index in [-0.39, 0.29) is 37.5 Å². The van der Waals surface area contributed by atoms with Crippen molar-refractivity contribution in [2.24, 2.45) is 23.1 Å². The Morgan fingerprint density at radius 3 is 2.38 bits per heavy atom. The number of carbonyl (C=O) groups excluding carboxylic acids is 2. The molecule has 0 spiro atoms. The fraction of sp³-hybridized carbons (Fsp3) is 0.800. The van der Waals surface area contributed by atoms with Crippen molar-refractivity contribution in [1.29, 1.82) is 0 Å². The van der Waals surface area contributed by atoms with E-state index in [1.54, 1.807) is 0 Å². The van der Waals surface area contributed by atoms with Crippen LogP contribution in [0, 0.1) is 5.92 Å². The molecule has 0 aromatic rings. The first-order valence-electron chi connectivity index (χ1n) is 5.44. The quantitative estimate of drug-likeness (QED) is 0.514. The second-order valence-corrected chi connectivity index (χ2v) is 4.30. The highest BCUT2D eigenvalue weighted by Gasteiger charge is 2.30. The highest BCUT2D eigenvalue weighted by Crippen LogP contribution is 2.23. The molecule has 1 rings (SSSR count). The van der Waals surface area contributed by atoms with E-state index in [1.165, 1.54) is 0 Å². The lowest BCUT2D eigenvalue weighted by molar-refractivity contribution is -0.146. The number of esters is 1. The summed E-state index contributed by atoms with van der Waals surface area (Å²) in [6.45, 7) is 0.284. The Morgan fingerprint density at radius 1 is 1.19 bits per heavy atom. The molecule has 92 valence electrons. The van der Waals surface area contributed by atoms with Gasteiger partial charge < -0.3 is 21.9 Å². The molecule has 0 unspecified atom stereocenters. The van der Waals surface area contributed by atoms with Gasteiger partial charge in [-0.1, -0.05) is 0 Å². The maximum atomic E-state index is 11.2. The van der Waals surface area contributed by atoms with Crippen LogP contribution in [0.2, 0.25) is 0 Å². The van der Waals surface area contributed by atoms with Crippen LogP contribution in [0.4, 0.5) is 0 Å². The van der Waals surface area contributed by atoms with Gasteiger partial charge in [-0.25, -0.2) is 0 Å². The minimum absolute atomic E-state index is 0.000981. The Morgan fingerprint density at radius 2 is 1.88 bits per heavy atom. The van der Waals surface area contributed by atoms with Crippen molar-refractivity contribution in [3.63, 3.8) is 0 Å². The lowest BCUT2D eigenvalue weighted by Gasteiger charge is -2.14. The van der Waals surface area contributed by atoms with Gasteiger partial charge in [0.15, 0.2) is 0 Å². The van der Waals surface area contributed by atoms with Crippen LogP contribution in [0.15, 0.2) is 0 Å². The van der Waals surface area contributed by atoms with Crippen molar-refractivity contribution in [2.45, 2.75) is 37.8 Å². The second-order valence-electron chi connectivity index (χ2n) is 4.30. The van der Waals surface area contributed by atoms with Crippen LogP contribution in [0.1, 0.15) is 25.7 Å². The first kappa shape index (κ1) is 12.9. The molecule has 1 aliphatic rings. The Hall–Kier alpha value is -1.14. The molecule has 1 saturated carbocycles. The minimum atomic E-state index is -0.503. The fourth-order valence-corrected chi connectivity index (χ4v) is 1.89. The molecular formula is C10H19N3O3. The number of amides is 1. The summed E-state index contributed by atoms with van der Waals surface area (Å²) >= 11 is 0. The molecule has 0 radical (unpaired) electrons. The van der Waals surface area contributed by atoms with Crippen LogP contribution in [0.5, 0.6) is 0 Å². The Labute approximate surface area is 94.5 Å². The van der Waals surface area contributed by atoms with Crippen LogP contribution < -0.4 is 17.2 Å². The van der Waals surface area contributed by atoms with Crippen molar-refractivity contribution < 1.29 is 14.3 Å². The van der Waals surface area contributed by atoms with Gasteiger partial charge in [-0.3, -0.25) is 9.59 Å². The lowest BCUT2D eigenvalue weighted by atomic mass is 10.1. The topological polar surface area (TPSA) is 121 Å². The van der Waals surface area contributed by atoms with Gasteiger partial charge in [-0.2, -0.15) is 0 Å². The molecule has 1 amide bonds. The average molecular weight is 229 g/mol. The van der Waals surface area contributed by atoms with Crippen molar-refractivity contribution in [3.8, 4) is 0 Å². The number of rotatable bonds is 5. The van der Waals surface area contributed by atoms with Crippen molar-refractivity contribution in [1.82, 2.24) is 0 Å². The summed E-state index contributed by atoms with van der Waals surface area (Å²) in [6, 6.07) is 0.100. The number of carbonyl (C=O) groups is 2. The highest BCUT2D eigenvalue weighted by atomic mass is 16.5. The molecule has 0 saturated heterocycles. The second kappa shape index (κ2) is 5.81. The molecule has 6 heteroatoms. The molecule has 0 heterocycles. The van der Waals surface area contributed by atoms with E-state index in [0.29, 0.717) is 0 Å². The maximum Gasteiger partial charge on any atom is 0.306 e. The zero-order valence-corrected chi connectivity index (χ0v) is 9.22. The van der Waals surface area contributed by atoms with Gasteiger partial charge in [-0.05, 0) is 12.8 Å². The van der Waals surface area contributed by atoms with E-state index in [0.717, 1.165) is 12.8 Å². The summed E-state index contributed by atoms with van der Waals surface area (Å²) < 4.78 is 5.01. The van der Waals surface area contributed by atoms with Gasteiger partial charge in [0.1, 0.15) is 0 Å². The number of hydrogen-bond acceptors (Lipinski definition) is 5. The molecule has 0 bridgehead atoms. The van der Waals surface area contributed by atoms with Crippen molar-refractivity contribution in [2.75, 3.05) is 6.61 Å². The van der Waals surface area contributed by atoms with Crippen LogP contribution >= 0.6 is 0 Å². The largest absolute Gasteiger partial charge is 0.465 e. The first-order chi connectivity index (χ1) is 7.49. The van der Waals surface area contributed by atoms with Gasteiger partial charge in [0, 0.05) is 24.4 Å². The summed E-state index contributed by atoms with van der Waals surface area (Å²) in [5.74, 6) is -0.782. The summed E-state index contributed by atoms with van der Waals surface area (Å²) in [4.78, 5) is 21.6. The van der Waals surface area contributed by atoms with Crippen LogP contribution in [0.3, 0.4) is 0 Å². The number of primary amides is 1. The van der Waals surface area contributed by atoms with Crippen molar-refractivity contribution in [3.05, 3.63) is 0 Å². The van der Waals surface area contributed by atoms with E-state index in [2.05, 4.69) is 0 Å². The van der Waals surface area contributed by atoms with Crippen LogP contribution in [0.25, 0.3) is 0 Å². The molecule has 0 aromatic heterocycles. The molecule has 6 N–H and O–H groups in total. The summed E-state index contributed by atoms with van der Waals surface area (Å²) in [6.07, 6.45) is 1.60. The minimum Gasteiger partial charge on any atom is -0.465 e. The van der Waals surface area contributed by atoms with E-state index in [4.69, 9.17) is 21.9 Å². The van der Waals surface area contributed by atoms with Crippen LogP contribution in [-0.2, 0) is 14.3 Å². The molecule has 0 aliphatic heterocycles. The van der Waals surface area contributed by atoms with Gasteiger partial charge in [0.25, 0.3) is 0 Å². The SMILES string of the molecule is NC(=O)CCC(=O)OC[C@H]1C[C@H](N)C[C@@H]1N. The third-order valence-electron chi connectivity index (χ3n) is 2.82. The zero-order valence-electron chi connectivity index (χ0n) is 9.22. The number of nitrogens with two attached hydrogens (primary N) is 3. The van der Waals surface area contributed by atoms with E-state index in [9.17, 15) is 9.59 Å². The molecular weight excluding hydrogens is 210 g/mol. The number of hydrogen-bond donors (Lipinski definition) is 3. The lowest BCUT2D eigenvalue weighted by Crippen LogP contribution is -2.29. The first-order valence-corrected chi connectivity index (χ1v) is 5.44. The average Bonchev–Trinajstić information content (AvgIpc) is 2.51. The highest BCUT2D eigenvalue weighted by molar-refractivity contribution is 5.79. The molecule has 0 aromatic carbocycles. The predicted molar refractivity (Wildman–Crippen MR) is 58.1 cm³/mol. The van der Waals surface area contributed by atoms with Crippen molar-refractivity contribution >= 4 is 11.9 Å². The summed E-state index contributed by atoms with van der Waals surface area (Å²) in [5.41, 5.74) is 16.5. The Kier molecular flexibility index (Phi) is 4.70. The van der Waals surface area contributed by atoms with Gasteiger partial charge in [0.05, 0.1) is 13.0 Å². The third-order valence-corrected chi connectivity index (χ3v) is 2.82. The molecule has 16 heavy (non-hydrogen) atoms. The van der Waals surface area contributed by atoms with E-state index in [1.807, 2.05) is 0 Å². The summed E-state index contributed by atoms with van der Waals surface area (Å²) in [5, 5.41) is 0. The van der Waals surface area contributed by atoms with E-state index >= 15 is 0 Å². The normalized spacial score (nSPS) is 29.0. The fourth-order valence-electron chi connectivity index (χ4n) is 1.89. The number of ether oxygens (including phenoxy) is 1. The van der Waals surface area contributed by atoms with Gasteiger partial charge in [0.2, 0.25) is 5.91 Å². The smallest absolute Gasteiger partial charge is 0.306 e. The Balaban J connectivity index is 2.19. The van der Waals surface area contributed by atoms with E-state index < -0.39 is 11.9 Å². The molecule has 1 fully saturated rings. The maximum absolute atomic E-state index is 11.2. The van der Waals surface area contributed by atoms with Gasteiger partial charge >= 0.3 is 5.97 Å². The Bertz CT molecular complexity index is 270. The van der Waals surface area contributed by atoms with Crippen LogP contribution in [-0.4, -0.2) is 30.6 Å². The standard InChI is InChI=1S/C10H19N3O3/c11-7-3-6(8(12)4-7)5-16-10(15)2-1-9(13)14/h6-8H,1-5,11-12H2,(H2,13,14)/t6-,7+,8+/m1/s1. The monoisotopic (exact) mass is 229 g/mol. The van der Waals surface area contributed by atoms with Gasteiger partial charge in [-0.15, -0.1) is 0 Å². The third kappa shape index (κ3) is 4.16. The predicted octanol–water partition coefficient (Wildman–Crippen LogP) is -1.14. The molecule has 3 atom stereocenters. The molecule has 6 nitrogen and oxygen atoms in total.